The predicted octanol–water partition coefficient (Wildman–Crippen LogP) is 1.27. The Morgan fingerprint density at radius 3 is 3.10 bits per heavy atom. The average molecular weight is 292 g/mol. The van der Waals surface area contributed by atoms with Gasteiger partial charge in [0.25, 0.3) is 0 Å². The summed E-state index contributed by atoms with van der Waals surface area (Å²) in [5, 5.41) is 9.91. The van der Waals surface area contributed by atoms with E-state index in [0.29, 0.717) is 6.54 Å². The second kappa shape index (κ2) is 6.37. The molecule has 0 unspecified atom stereocenters. The fraction of sp³-hybridized carbons (Fsp3) is 0.571. The van der Waals surface area contributed by atoms with Crippen molar-refractivity contribution in [3.8, 4) is 0 Å². The Bertz CT molecular complexity index is 599. The molecule has 1 aliphatic rings. The Morgan fingerprint density at radius 2 is 2.30 bits per heavy atom. The minimum Gasteiger partial charge on any atom is -0.315 e. The molecule has 0 aliphatic carbocycles. The number of rotatable bonds is 6. The van der Waals surface area contributed by atoms with Crippen molar-refractivity contribution in [2.24, 2.45) is 0 Å². The third kappa shape index (κ3) is 3.02. The van der Waals surface area contributed by atoms with Crippen molar-refractivity contribution < 1.29 is 0 Å². The van der Waals surface area contributed by atoms with E-state index in [4.69, 9.17) is 0 Å². The van der Waals surface area contributed by atoms with E-state index in [9.17, 15) is 4.79 Å². The lowest BCUT2D eigenvalue weighted by Crippen LogP contribution is -2.30. The average Bonchev–Trinajstić information content (AvgIpc) is 3.08. The largest absolute Gasteiger partial charge is 0.345 e. The molecule has 0 fully saturated rings. The van der Waals surface area contributed by atoms with Gasteiger partial charge in [0.1, 0.15) is 5.82 Å². The Morgan fingerprint density at radius 1 is 1.35 bits per heavy atom. The molecule has 3 heterocycles. The summed E-state index contributed by atoms with van der Waals surface area (Å²) in [6.07, 6.45) is 4.23. The van der Waals surface area contributed by atoms with Gasteiger partial charge in [-0.3, -0.25) is 4.57 Å². The number of fused-ring (bicyclic) bond motifs is 1. The summed E-state index contributed by atoms with van der Waals surface area (Å²) < 4.78 is 3.44. The van der Waals surface area contributed by atoms with Gasteiger partial charge in [-0.1, -0.05) is 6.07 Å². The van der Waals surface area contributed by atoms with Crippen LogP contribution in [0.1, 0.15) is 23.5 Å². The monoisotopic (exact) mass is 292 g/mol. The first kappa shape index (κ1) is 13.6. The molecule has 2 aromatic rings. The third-order valence-corrected chi connectivity index (χ3v) is 4.60. The van der Waals surface area contributed by atoms with E-state index >= 15 is 0 Å². The first-order valence-electron chi connectivity index (χ1n) is 7.24. The van der Waals surface area contributed by atoms with Crippen LogP contribution in [0.25, 0.3) is 0 Å². The molecular weight excluding hydrogens is 272 g/mol. The van der Waals surface area contributed by atoms with Gasteiger partial charge in [0, 0.05) is 30.9 Å². The first-order valence-corrected chi connectivity index (χ1v) is 8.12. The number of hydrogen-bond acceptors (Lipinski definition) is 4. The van der Waals surface area contributed by atoms with E-state index in [2.05, 4.69) is 27.9 Å². The summed E-state index contributed by atoms with van der Waals surface area (Å²) in [4.78, 5) is 13.5. The standard InChI is InChI=1S/C14H20N4OS/c19-14-17-9-2-1-5-13(17)16-18(14)10-8-15-7-6-12-4-3-11-20-12/h3-4,11,15H,1-2,5-10H2. The molecular formula is C14H20N4OS. The first-order chi connectivity index (χ1) is 9.84. The number of thiophene rings is 1. The van der Waals surface area contributed by atoms with Crippen molar-refractivity contribution in [3.05, 3.63) is 38.7 Å². The highest BCUT2D eigenvalue weighted by Gasteiger charge is 2.15. The van der Waals surface area contributed by atoms with Crippen molar-refractivity contribution in [2.75, 3.05) is 13.1 Å². The maximum Gasteiger partial charge on any atom is 0.345 e. The van der Waals surface area contributed by atoms with Crippen LogP contribution in [-0.2, 0) is 25.9 Å². The van der Waals surface area contributed by atoms with Crippen LogP contribution in [0.4, 0.5) is 0 Å². The normalized spacial score (nSPS) is 14.4. The molecule has 0 atom stereocenters. The molecule has 0 radical (unpaired) electrons. The van der Waals surface area contributed by atoms with Crippen molar-refractivity contribution in [2.45, 2.75) is 38.8 Å². The lowest BCUT2D eigenvalue weighted by atomic mass is 10.2. The number of hydrogen-bond donors (Lipinski definition) is 1. The molecule has 6 heteroatoms. The zero-order valence-electron chi connectivity index (χ0n) is 11.5. The van der Waals surface area contributed by atoms with Gasteiger partial charge in [-0.15, -0.1) is 11.3 Å². The molecule has 20 heavy (non-hydrogen) atoms. The molecule has 5 nitrogen and oxygen atoms in total. The van der Waals surface area contributed by atoms with Crippen LogP contribution in [0.5, 0.6) is 0 Å². The van der Waals surface area contributed by atoms with Gasteiger partial charge in [-0.05, 0) is 30.7 Å². The zero-order valence-corrected chi connectivity index (χ0v) is 12.4. The van der Waals surface area contributed by atoms with Crippen molar-refractivity contribution >= 4 is 11.3 Å². The molecule has 3 rings (SSSR count). The van der Waals surface area contributed by atoms with Crippen LogP contribution in [0.2, 0.25) is 0 Å². The molecule has 0 aromatic carbocycles. The van der Waals surface area contributed by atoms with E-state index in [1.807, 2.05) is 4.57 Å². The van der Waals surface area contributed by atoms with E-state index in [1.54, 1.807) is 16.0 Å². The zero-order chi connectivity index (χ0) is 13.8. The van der Waals surface area contributed by atoms with Gasteiger partial charge in [-0.2, -0.15) is 5.10 Å². The van der Waals surface area contributed by atoms with Gasteiger partial charge >= 0.3 is 5.69 Å². The Labute approximate surface area is 122 Å². The van der Waals surface area contributed by atoms with Crippen LogP contribution in [-0.4, -0.2) is 27.4 Å². The van der Waals surface area contributed by atoms with E-state index in [0.717, 1.165) is 51.1 Å². The van der Waals surface area contributed by atoms with E-state index in [1.165, 1.54) is 4.88 Å². The van der Waals surface area contributed by atoms with Gasteiger partial charge < -0.3 is 5.32 Å². The molecule has 2 aromatic heterocycles. The van der Waals surface area contributed by atoms with E-state index < -0.39 is 0 Å². The summed E-state index contributed by atoms with van der Waals surface area (Å²) in [5.41, 5.74) is 0.0553. The predicted molar refractivity (Wildman–Crippen MR) is 80.3 cm³/mol. The second-order valence-corrected chi connectivity index (χ2v) is 6.14. The SMILES string of the molecule is O=c1n(CCNCCc2cccs2)nc2n1CCCC2. The van der Waals surface area contributed by atoms with E-state index in [-0.39, 0.29) is 5.69 Å². The van der Waals surface area contributed by atoms with Crippen LogP contribution in [0.15, 0.2) is 22.3 Å². The lowest BCUT2D eigenvalue weighted by Gasteiger charge is -2.09. The molecule has 0 saturated carbocycles. The maximum absolute atomic E-state index is 12.1. The molecule has 1 aliphatic heterocycles. The fourth-order valence-corrected chi connectivity index (χ4v) is 3.28. The molecule has 0 bridgehead atoms. The van der Waals surface area contributed by atoms with Crippen molar-refractivity contribution in [3.63, 3.8) is 0 Å². The summed E-state index contributed by atoms with van der Waals surface area (Å²) in [6.45, 7) is 3.23. The third-order valence-electron chi connectivity index (χ3n) is 3.66. The highest BCUT2D eigenvalue weighted by molar-refractivity contribution is 7.09. The number of nitrogens with one attached hydrogen (secondary N) is 1. The maximum atomic E-state index is 12.1. The minimum atomic E-state index is 0.0553. The molecule has 108 valence electrons. The number of nitrogens with zero attached hydrogens (tertiary/aromatic N) is 3. The van der Waals surface area contributed by atoms with Crippen LogP contribution < -0.4 is 11.0 Å². The molecule has 0 spiro atoms. The highest BCUT2D eigenvalue weighted by atomic mass is 32.1. The topological polar surface area (TPSA) is 51.9 Å². The lowest BCUT2D eigenvalue weighted by molar-refractivity contribution is 0.508. The van der Waals surface area contributed by atoms with Gasteiger partial charge in [-0.25, -0.2) is 9.48 Å². The summed E-state index contributed by atoms with van der Waals surface area (Å²) >= 11 is 1.79. The second-order valence-electron chi connectivity index (χ2n) is 5.11. The quantitative estimate of drug-likeness (QED) is 0.816. The Hall–Kier alpha value is -1.40. The van der Waals surface area contributed by atoms with Crippen LogP contribution in [0.3, 0.4) is 0 Å². The van der Waals surface area contributed by atoms with Crippen LogP contribution in [0, 0.1) is 0 Å². The molecule has 0 saturated heterocycles. The minimum absolute atomic E-state index is 0.0553. The van der Waals surface area contributed by atoms with Crippen LogP contribution >= 0.6 is 11.3 Å². The van der Waals surface area contributed by atoms with Crippen molar-refractivity contribution in [1.82, 2.24) is 19.7 Å². The summed E-state index contributed by atoms with van der Waals surface area (Å²) in [5.74, 6) is 0.958. The van der Waals surface area contributed by atoms with Gasteiger partial charge in [0.05, 0.1) is 6.54 Å². The summed E-state index contributed by atoms with van der Waals surface area (Å²) in [6, 6.07) is 4.23. The Kier molecular flexibility index (Phi) is 4.32. The molecule has 1 N–H and O–H groups in total. The van der Waals surface area contributed by atoms with Crippen molar-refractivity contribution in [1.29, 1.82) is 0 Å². The fourth-order valence-electron chi connectivity index (χ4n) is 2.57. The molecule has 0 amide bonds. The number of aromatic nitrogens is 3. The highest BCUT2D eigenvalue weighted by Crippen LogP contribution is 2.09. The van der Waals surface area contributed by atoms with Gasteiger partial charge in [0.15, 0.2) is 0 Å². The smallest absolute Gasteiger partial charge is 0.315 e. The number of aryl methyl sites for hydroxylation is 1. The van der Waals surface area contributed by atoms with Gasteiger partial charge in [0.2, 0.25) is 0 Å². The Balaban J connectivity index is 1.47. The summed E-state index contributed by atoms with van der Waals surface area (Å²) in [7, 11) is 0.